The quantitative estimate of drug-likeness (QED) is 0.850. The van der Waals surface area contributed by atoms with Gasteiger partial charge in [0.15, 0.2) is 0 Å². The van der Waals surface area contributed by atoms with Gasteiger partial charge < -0.3 is 15.2 Å². The summed E-state index contributed by atoms with van der Waals surface area (Å²) in [5, 5.41) is 12.7. The van der Waals surface area contributed by atoms with E-state index in [4.69, 9.17) is 4.74 Å². The minimum Gasteiger partial charge on any atom is -0.497 e. The van der Waals surface area contributed by atoms with Gasteiger partial charge in [0.05, 0.1) is 23.9 Å². The van der Waals surface area contributed by atoms with Crippen molar-refractivity contribution >= 4 is 22.8 Å². The number of hydrogen-bond donors (Lipinski definition) is 2. The molecule has 1 atom stereocenters. The number of benzene rings is 1. The largest absolute Gasteiger partial charge is 0.497 e. The first-order valence-corrected chi connectivity index (χ1v) is 7.81. The Labute approximate surface area is 140 Å². The molecule has 1 aromatic carbocycles. The highest BCUT2D eigenvalue weighted by atomic mass is 16.5. The molecule has 0 saturated carbocycles. The zero-order chi connectivity index (χ0) is 17.9. The Morgan fingerprint density at radius 1 is 1.29 bits per heavy atom. The summed E-state index contributed by atoms with van der Waals surface area (Å²) in [6, 6.07) is 6.22. The van der Waals surface area contributed by atoms with Gasteiger partial charge in [-0.25, -0.2) is 4.79 Å². The molecule has 24 heavy (non-hydrogen) atoms. The lowest BCUT2D eigenvalue weighted by atomic mass is 10.0. The van der Waals surface area contributed by atoms with E-state index in [1.165, 1.54) is 0 Å². The van der Waals surface area contributed by atoms with Crippen molar-refractivity contribution in [3.63, 3.8) is 0 Å². The summed E-state index contributed by atoms with van der Waals surface area (Å²) in [5.74, 6) is -0.608. The molecule has 1 heterocycles. The third-order valence-corrected chi connectivity index (χ3v) is 3.77. The maximum absolute atomic E-state index is 12.5. The van der Waals surface area contributed by atoms with Gasteiger partial charge in [-0.2, -0.15) is 0 Å². The summed E-state index contributed by atoms with van der Waals surface area (Å²) >= 11 is 0. The van der Waals surface area contributed by atoms with E-state index in [0.717, 1.165) is 10.9 Å². The van der Waals surface area contributed by atoms with E-state index < -0.39 is 17.9 Å². The Morgan fingerprint density at radius 2 is 2.00 bits per heavy atom. The number of rotatable bonds is 6. The van der Waals surface area contributed by atoms with Crippen LogP contribution in [0.1, 0.15) is 36.3 Å². The molecule has 2 aromatic rings. The Balaban J connectivity index is 2.31. The zero-order valence-electron chi connectivity index (χ0n) is 14.3. The van der Waals surface area contributed by atoms with Crippen LogP contribution in [0, 0.1) is 12.8 Å². The van der Waals surface area contributed by atoms with Crippen molar-refractivity contribution in [1.29, 1.82) is 0 Å². The number of methoxy groups -OCH3 is 1. The molecule has 2 N–H and O–H groups in total. The fourth-order valence-electron chi connectivity index (χ4n) is 2.53. The molecule has 0 bridgehead atoms. The van der Waals surface area contributed by atoms with Crippen molar-refractivity contribution in [3.8, 4) is 5.75 Å². The first-order valence-electron chi connectivity index (χ1n) is 7.81. The van der Waals surface area contributed by atoms with Gasteiger partial charge in [-0.3, -0.25) is 9.78 Å². The van der Waals surface area contributed by atoms with Crippen LogP contribution in [0.25, 0.3) is 10.9 Å². The van der Waals surface area contributed by atoms with E-state index in [9.17, 15) is 14.7 Å². The fraction of sp³-hybridized carbons (Fsp3) is 0.389. The highest BCUT2D eigenvalue weighted by molar-refractivity contribution is 6.00. The van der Waals surface area contributed by atoms with Crippen LogP contribution in [0.3, 0.4) is 0 Å². The molecule has 0 aliphatic heterocycles. The highest BCUT2D eigenvalue weighted by Gasteiger charge is 2.23. The molecule has 0 fully saturated rings. The summed E-state index contributed by atoms with van der Waals surface area (Å²) in [4.78, 5) is 28.2. The molecular weight excluding hydrogens is 308 g/mol. The number of pyridine rings is 1. The second kappa shape index (κ2) is 7.29. The number of hydrogen-bond acceptors (Lipinski definition) is 4. The van der Waals surface area contributed by atoms with E-state index in [1.807, 2.05) is 19.9 Å². The van der Waals surface area contributed by atoms with E-state index in [2.05, 4.69) is 10.3 Å². The van der Waals surface area contributed by atoms with Crippen LogP contribution in [0.4, 0.5) is 0 Å². The van der Waals surface area contributed by atoms with Crippen LogP contribution < -0.4 is 10.1 Å². The molecule has 6 nitrogen and oxygen atoms in total. The van der Waals surface area contributed by atoms with Gasteiger partial charge in [-0.1, -0.05) is 13.8 Å². The Kier molecular flexibility index (Phi) is 5.39. The molecule has 0 saturated heterocycles. The summed E-state index contributed by atoms with van der Waals surface area (Å²) in [6.45, 7) is 5.56. The van der Waals surface area contributed by atoms with Gasteiger partial charge in [-0.05, 0) is 37.5 Å². The number of carbonyl (C=O) groups excluding carboxylic acids is 1. The number of carboxylic acids is 1. The molecule has 0 aliphatic rings. The van der Waals surface area contributed by atoms with E-state index in [0.29, 0.717) is 23.4 Å². The maximum atomic E-state index is 12.5. The lowest BCUT2D eigenvalue weighted by Gasteiger charge is -2.17. The van der Waals surface area contributed by atoms with Gasteiger partial charge in [-0.15, -0.1) is 0 Å². The summed E-state index contributed by atoms with van der Waals surface area (Å²) in [5.41, 5.74) is 1.64. The smallest absolute Gasteiger partial charge is 0.326 e. The molecule has 1 aromatic heterocycles. The third-order valence-electron chi connectivity index (χ3n) is 3.77. The van der Waals surface area contributed by atoms with Gasteiger partial charge in [0.2, 0.25) is 0 Å². The monoisotopic (exact) mass is 330 g/mol. The molecule has 0 aliphatic carbocycles. The molecule has 128 valence electrons. The van der Waals surface area contributed by atoms with E-state index in [1.54, 1.807) is 32.2 Å². The van der Waals surface area contributed by atoms with Gasteiger partial charge in [0, 0.05) is 11.5 Å². The summed E-state index contributed by atoms with van der Waals surface area (Å²) in [6.07, 6.45) is 0.373. The molecule has 1 amide bonds. The van der Waals surface area contributed by atoms with Crippen molar-refractivity contribution < 1.29 is 19.4 Å². The number of aryl methyl sites for hydroxylation is 1. The number of aliphatic carboxylic acids is 1. The van der Waals surface area contributed by atoms with Gasteiger partial charge in [0.25, 0.3) is 5.91 Å². The number of carboxylic acid groups (broad SMARTS) is 1. The minimum atomic E-state index is -1.03. The maximum Gasteiger partial charge on any atom is 0.326 e. The zero-order valence-corrected chi connectivity index (χ0v) is 14.3. The van der Waals surface area contributed by atoms with Crippen molar-refractivity contribution in [2.75, 3.05) is 7.11 Å². The molecule has 6 heteroatoms. The highest BCUT2D eigenvalue weighted by Crippen LogP contribution is 2.22. The average molecular weight is 330 g/mol. The van der Waals surface area contributed by atoms with Crippen molar-refractivity contribution in [2.45, 2.75) is 33.2 Å². The Hall–Kier alpha value is -2.63. The predicted octanol–water partition coefficient (Wildman–Crippen LogP) is 2.78. The average Bonchev–Trinajstić information content (AvgIpc) is 2.52. The Bertz CT molecular complexity index is 771. The molecular formula is C18H22N2O4. The summed E-state index contributed by atoms with van der Waals surface area (Å²) in [7, 11) is 1.58. The number of aromatic nitrogens is 1. The number of ether oxygens (including phenoxy) is 1. The van der Waals surface area contributed by atoms with Gasteiger partial charge >= 0.3 is 5.97 Å². The molecule has 1 unspecified atom stereocenters. The van der Waals surface area contributed by atoms with Crippen LogP contribution in [-0.4, -0.2) is 35.1 Å². The van der Waals surface area contributed by atoms with Crippen LogP contribution in [0.5, 0.6) is 5.75 Å². The molecule has 2 rings (SSSR count). The SMILES string of the molecule is COc1ccc2cc(C(=O)NC(CC(C)C)C(=O)O)c(C)nc2c1. The van der Waals surface area contributed by atoms with E-state index in [-0.39, 0.29) is 5.92 Å². The van der Waals surface area contributed by atoms with Crippen molar-refractivity contribution in [3.05, 3.63) is 35.5 Å². The summed E-state index contributed by atoms with van der Waals surface area (Å²) < 4.78 is 5.17. The fourth-order valence-corrected chi connectivity index (χ4v) is 2.53. The lowest BCUT2D eigenvalue weighted by Crippen LogP contribution is -2.41. The first-order chi connectivity index (χ1) is 11.3. The number of amides is 1. The first kappa shape index (κ1) is 17.7. The van der Waals surface area contributed by atoms with Crippen molar-refractivity contribution in [2.24, 2.45) is 5.92 Å². The predicted molar refractivity (Wildman–Crippen MR) is 91.4 cm³/mol. The topological polar surface area (TPSA) is 88.5 Å². The normalized spacial score (nSPS) is 12.2. The van der Waals surface area contributed by atoms with Crippen LogP contribution in [0.15, 0.2) is 24.3 Å². The van der Waals surface area contributed by atoms with Crippen LogP contribution in [0.2, 0.25) is 0 Å². The van der Waals surface area contributed by atoms with E-state index >= 15 is 0 Å². The number of carbonyl (C=O) groups is 2. The second-order valence-electron chi connectivity index (χ2n) is 6.17. The second-order valence-corrected chi connectivity index (χ2v) is 6.17. The van der Waals surface area contributed by atoms with Crippen LogP contribution >= 0.6 is 0 Å². The number of nitrogens with one attached hydrogen (secondary N) is 1. The Morgan fingerprint density at radius 3 is 2.58 bits per heavy atom. The number of nitrogens with zero attached hydrogens (tertiary/aromatic N) is 1. The number of fused-ring (bicyclic) bond motifs is 1. The standard InChI is InChI=1S/C18H22N2O4/c1-10(2)7-16(18(22)23)20-17(21)14-8-12-5-6-13(24-4)9-15(12)19-11(14)3/h5-6,8-10,16H,7H2,1-4H3,(H,20,21)(H,22,23). The minimum absolute atomic E-state index is 0.162. The van der Waals surface area contributed by atoms with Gasteiger partial charge in [0.1, 0.15) is 11.8 Å². The lowest BCUT2D eigenvalue weighted by molar-refractivity contribution is -0.139. The molecule has 0 spiro atoms. The van der Waals surface area contributed by atoms with Crippen molar-refractivity contribution in [1.82, 2.24) is 10.3 Å². The van der Waals surface area contributed by atoms with Crippen LogP contribution in [-0.2, 0) is 4.79 Å². The molecule has 0 radical (unpaired) electrons. The third kappa shape index (κ3) is 4.01.